The van der Waals surface area contributed by atoms with Crippen LogP contribution in [0.3, 0.4) is 0 Å². The number of methoxy groups -OCH3 is 1. The van der Waals surface area contributed by atoms with Gasteiger partial charge < -0.3 is 20.1 Å². The quantitative estimate of drug-likeness (QED) is 0.797. The fourth-order valence-corrected chi connectivity index (χ4v) is 2.12. The van der Waals surface area contributed by atoms with Crippen LogP contribution in [-0.2, 0) is 6.54 Å². The molecule has 0 fully saturated rings. The maximum absolute atomic E-state index is 5.42. The Bertz CT molecular complexity index is 614. The van der Waals surface area contributed by atoms with Crippen molar-refractivity contribution in [1.29, 1.82) is 0 Å². The van der Waals surface area contributed by atoms with E-state index in [1.54, 1.807) is 7.11 Å². The molecule has 2 aromatic carbocycles. The summed E-state index contributed by atoms with van der Waals surface area (Å²) in [5.41, 5.74) is 2.03. The van der Waals surface area contributed by atoms with Gasteiger partial charge >= 0.3 is 0 Å². The molecule has 2 rings (SSSR count). The summed E-state index contributed by atoms with van der Waals surface area (Å²) in [6.45, 7) is 3.30. The Balaban J connectivity index is 1.84. The van der Waals surface area contributed by atoms with Crippen LogP contribution in [0.25, 0.3) is 0 Å². The van der Waals surface area contributed by atoms with E-state index in [9.17, 15) is 0 Å². The number of hydrogen-bond donors (Lipinski definition) is 2. The van der Waals surface area contributed by atoms with E-state index in [2.05, 4.69) is 10.6 Å². The van der Waals surface area contributed by atoms with Crippen molar-refractivity contribution >= 4 is 23.0 Å². The molecule has 0 aliphatic heterocycles. The Morgan fingerprint density at radius 2 is 1.86 bits per heavy atom. The lowest BCUT2D eigenvalue weighted by molar-refractivity contribution is 0.340. The molecule has 0 amide bonds. The molecule has 0 aliphatic rings. The third-order valence-corrected chi connectivity index (χ3v) is 3.26. The fraction of sp³-hybridized carbons (Fsp3) is 0.235. The van der Waals surface area contributed by atoms with E-state index in [1.807, 2.05) is 55.5 Å². The predicted octanol–water partition coefficient (Wildman–Crippen LogP) is 3.58. The Labute approximate surface area is 136 Å². The highest BCUT2D eigenvalue weighted by molar-refractivity contribution is 7.80. The van der Waals surface area contributed by atoms with Crippen LogP contribution >= 0.6 is 12.2 Å². The van der Waals surface area contributed by atoms with Crippen molar-refractivity contribution in [3.05, 3.63) is 54.1 Å². The van der Waals surface area contributed by atoms with E-state index in [0.29, 0.717) is 18.3 Å². The Morgan fingerprint density at radius 1 is 1.09 bits per heavy atom. The standard InChI is InChI=1S/C17H20N2O2S/c1-3-21-15-9-7-13(8-10-15)12-18-17(22)19-14-5-4-6-16(11-14)20-2/h4-11H,3,12H2,1-2H3,(H2,18,19,22). The summed E-state index contributed by atoms with van der Waals surface area (Å²) in [6, 6.07) is 15.6. The minimum Gasteiger partial charge on any atom is -0.497 e. The van der Waals surface area contributed by atoms with Crippen LogP contribution in [0.15, 0.2) is 48.5 Å². The van der Waals surface area contributed by atoms with Crippen molar-refractivity contribution < 1.29 is 9.47 Å². The molecule has 0 unspecified atom stereocenters. The summed E-state index contributed by atoms with van der Waals surface area (Å²) in [5, 5.41) is 6.88. The van der Waals surface area contributed by atoms with Gasteiger partial charge in [-0.2, -0.15) is 0 Å². The fourth-order valence-electron chi connectivity index (χ4n) is 1.93. The van der Waals surface area contributed by atoms with Gasteiger partial charge in [0.2, 0.25) is 0 Å². The number of benzene rings is 2. The summed E-state index contributed by atoms with van der Waals surface area (Å²) in [5.74, 6) is 1.67. The molecule has 0 aromatic heterocycles. The number of thiocarbonyl (C=S) groups is 1. The van der Waals surface area contributed by atoms with E-state index in [0.717, 1.165) is 22.7 Å². The molecule has 0 bridgehead atoms. The van der Waals surface area contributed by atoms with Gasteiger partial charge in [-0.25, -0.2) is 0 Å². The van der Waals surface area contributed by atoms with Crippen molar-refractivity contribution in [3.8, 4) is 11.5 Å². The van der Waals surface area contributed by atoms with Crippen LogP contribution in [0.4, 0.5) is 5.69 Å². The molecule has 4 nitrogen and oxygen atoms in total. The highest BCUT2D eigenvalue weighted by Crippen LogP contribution is 2.16. The average Bonchev–Trinajstić information content (AvgIpc) is 2.55. The lowest BCUT2D eigenvalue weighted by Gasteiger charge is -2.11. The highest BCUT2D eigenvalue weighted by atomic mass is 32.1. The number of ether oxygens (including phenoxy) is 2. The van der Waals surface area contributed by atoms with Crippen molar-refractivity contribution in [3.63, 3.8) is 0 Å². The van der Waals surface area contributed by atoms with Crippen molar-refractivity contribution in [2.45, 2.75) is 13.5 Å². The highest BCUT2D eigenvalue weighted by Gasteiger charge is 2.00. The molecule has 0 radical (unpaired) electrons. The van der Waals surface area contributed by atoms with Gasteiger partial charge in [-0.15, -0.1) is 0 Å². The first-order chi connectivity index (χ1) is 10.7. The Morgan fingerprint density at radius 3 is 2.55 bits per heavy atom. The summed E-state index contributed by atoms with van der Waals surface area (Å²) >= 11 is 5.29. The first kappa shape index (κ1) is 16.1. The van der Waals surface area contributed by atoms with E-state index in [4.69, 9.17) is 21.7 Å². The van der Waals surface area contributed by atoms with Crippen molar-refractivity contribution in [1.82, 2.24) is 5.32 Å². The number of anilines is 1. The molecular formula is C17H20N2O2S. The first-order valence-electron chi connectivity index (χ1n) is 7.12. The Hall–Kier alpha value is -2.27. The molecule has 0 saturated heterocycles. The minimum atomic E-state index is 0.571. The normalized spacial score (nSPS) is 9.91. The van der Waals surface area contributed by atoms with Gasteiger partial charge in [0.1, 0.15) is 11.5 Å². The SMILES string of the molecule is CCOc1ccc(CNC(=S)Nc2cccc(OC)c2)cc1. The number of nitrogens with one attached hydrogen (secondary N) is 2. The molecular weight excluding hydrogens is 296 g/mol. The van der Waals surface area contributed by atoms with Gasteiger partial charge in [0.25, 0.3) is 0 Å². The maximum atomic E-state index is 5.42. The van der Waals surface area contributed by atoms with E-state index in [-0.39, 0.29) is 0 Å². The van der Waals surface area contributed by atoms with E-state index >= 15 is 0 Å². The second-order valence-electron chi connectivity index (χ2n) is 4.62. The number of hydrogen-bond acceptors (Lipinski definition) is 3. The van der Waals surface area contributed by atoms with Crippen LogP contribution in [-0.4, -0.2) is 18.8 Å². The van der Waals surface area contributed by atoms with Gasteiger partial charge in [0, 0.05) is 18.3 Å². The predicted molar refractivity (Wildman–Crippen MR) is 93.7 cm³/mol. The molecule has 0 atom stereocenters. The van der Waals surface area contributed by atoms with Gasteiger partial charge in [-0.1, -0.05) is 18.2 Å². The zero-order chi connectivity index (χ0) is 15.8. The molecule has 0 spiro atoms. The molecule has 2 aromatic rings. The summed E-state index contributed by atoms with van der Waals surface area (Å²) in [4.78, 5) is 0. The minimum absolute atomic E-state index is 0.571. The molecule has 0 saturated carbocycles. The molecule has 22 heavy (non-hydrogen) atoms. The van der Waals surface area contributed by atoms with Crippen LogP contribution < -0.4 is 20.1 Å². The van der Waals surface area contributed by atoms with Gasteiger partial charge in [0.15, 0.2) is 5.11 Å². The Kier molecular flexibility index (Phi) is 6.03. The largest absolute Gasteiger partial charge is 0.497 e. The lowest BCUT2D eigenvalue weighted by atomic mass is 10.2. The average molecular weight is 316 g/mol. The molecule has 5 heteroatoms. The smallest absolute Gasteiger partial charge is 0.171 e. The van der Waals surface area contributed by atoms with E-state index in [1.165, 1.54) is 0 Å². The molecule has 116 valence electrons. The molecule has 2 N–H and O–H groups in total. The summed E-state index contributed by atoms with van der Waals surface area (Å²) in [7, 11) is 1.64. The second kappa shape index (κ2) is 8.24. The first-order valence-corrected chi connectivity index (χ1v) is 7.52. The third kappa shape index (κ3) is 4.93. The maximum Gasteiger partial charge on any atom is 0.171 e. The van der Waals surface area contributed by atoms with E-state index < -0.39 is 0 Å². The second-order valence-corrected chi connectivity index (χ2v) is 5.02. The van der Waals surface area contributed by atoms with Crippen LogP contribution in [0, 0.1) is 0 Å². The molecule has 0 heterocycles. The number of rotatable bonds is 6. The van der Waals surface area contributed by atoms with Gasteiger partial charge in [-0.3, -0.25) is 0 Å². The lowest BCUT2D eigenvalue weighted by Crippen LogP contribution is -2.27. The summed E-state index contributed by atoms with van der Waals surface area (Å²) < 4.78 is 10.6. The monoisotopic (exact) mass is 316 g/mol. The van der Waals surface area contributed by atoms with Crippen molar-refractivity contribution in [2.24, 2.45) is 0 Å². The zero-order valence-corrected chi connectivity index (χ0v) is 13.6. The molecule has 0 aliphatic carbocycles. The van der Waals surface area contributed by atoms with Gasteiger partial charge in [0.05, 0.1) is 13.7 Å². The van der Waals surface area contributed by atoms with Crippen LogP contribution in [0.2, 0.25) is 0 Å². The topological polar surface area (TPSA) is 42.5 Å². The summed E-state index contributed by atoms with van der Waals surface area (Å²) in [6.07, 6.45) is 0. The van der Waals surface area contributed by atoms with Crippen LogP contribution in [0.1, 0.15) is 12.5 Å². The third-order valence-electron chi connectivity index (χ3n) is 3.02. The van der Waals surface area contributed by atoms with Gasteiger partial charge in [-0.05, 0) is 49.0 Å². The van der Waals surface area contributed by atoms with Crippen molar-refractivity contribution in [2.75, 3.05) is 19.0 Å². The zero-order valence-electron chi connectivity index (χ0n) is 12.8. The van der Waals surface area contributed by atoms with Crippen LogP contribution in [0.5, 0.6) is 11.5 Å².